The first-order chi connectivity index (χ1) is 9.79. The average molecular weight is 391 g/mol. The van der Waals surface area contributed by atoms with Crippen LogP contribution < -0.4 is 4.72 Å². The standard InChI is InChI=1S/C14H13BrClNO3S/c1-9(18)10-2-5-12(6-3-10)21(19,20)17-11-4-7-14(16)13(15)8-11/h2-9,17-18H,1H3. The highest BCUT2D eigenvalue weighted by Gasteiger charge is 2.15. The second kappa shape index (κ2) is 6.36. The Hall–Kier alpha value is -1.08. The topological polar surface area (TPSA) is 66.4 Å². The van der Waals surface area contributed by atoms with Gasteiger partial charge >= 0.3 is 0 Å². The lowest BCUT2D eigenvalue weighted by Gasteiger charge is -2.10. The minimum absolute atomic E-state index is 0.123. The number of aliphatic hydroxyl groups excluding tert-OH is 1. The fraction of sp³-hybridized carbons (Fsp3) is 0.143. The number of hydrogen-bond donors (Lipinski definition) is 2. The summed E-state index contributed by atoms with van der Waals surface area (Å²) in [4.78, 5) is 0.123. The molecule has 0 saturated heterocycles. The number of sulfonamides is 1. The summed E-state index contributed by atoms with van der Waals surface area (Å²) in [7, 11) is -3.68. The molecule has 0 amide bonds. The highest BCUT2D eigenvalue weighted by Crippen LogP contribution is 2.27. The summed E-state index contributed by atoms with van der Waals surface area (Å²) in [6.07, 6.45) is -0.637. The van der Waals surface area contributed by atoms with Gasteiger partial charge in [0, 0.05) is 4.47 Å². The van der Waals surface area contributed by atoms with Crippen molar-refractivity contribution in [1.29, 1.82) is 0 Å². The lowest BCUT2D eigenvalue weighted by Crippen LogP contribution is -2.13. The third kappa shape index (κ3) is 3.97. The number of rotatable bonds is 4. The van der Waals surface area contributed by atoms with E-state index in [1.807, 2.05) is 0 Å². The average Bonchev–Trinajstić information content (AvgIpc) is 2.43. The molecule has 0 spiro atoms. The van der Waals surface area contributed by atoms with Crippen LogP contribution in [0.25, 0.3) is 0 Å². The van der Waals surface area contributed by atoms with Crippen LogP contribution in [0.3, 0.4) is 0 Å². The molecule has 2 rings (SSSR count). The molecule has 0 heterocycles. The molecule has 1 unspecified atom stereocenters. The first kappa shape index (κ1) is 16.3. The van der Waals surface area contributed by atoms with Crippen LogP contribution in [-0.2, 0) is 10.0 Å². The van der Waals surface area contributed by atoms with Gasteiger partial charge in [0.2, 0.25) is 0 Å². The van der Waals surface area contributed by atoms with Gasteiger partial charge in [0.1, 0.15) is 0 Å². The van der Waals surface area contributed by atoms with Gasteiger partial charge in [0.25, 0.3) is 10.0 Å². The minimum atomic E-state index is -3.68. The quantitative estimate of drug-likeness (QED) is 0.830. The molecule has 7 heteroatoms. The third-order valence-corrected chi connectivity index (χ3v) is 5.46. The van der Waals surface area contributed by atoms with Gasteiger partial charge in [-0.25, -0.2) is 8.42 Å². The van der Waals surface area contributed by atoms with Crippen molar-refractivity contribution in [1.82, 2.24) is 0 Å². The van der Waals surface area contributed by atoms with E-state index in [1.54, 1.807) is 37.3 Å². The first-order valence-electron chi connectivity index (χ1n) is 6.05. The van der Waals surface area contributed by atoms with E-state index in [0.717, 1.165) is 0 Å². The van der Waals surface area contributed by atoms with Crippen molar-refractivity contribution < 1.29 is 13.5 Å². The number of benzene rings is 2. The lowest BCUT2D eigenvalue weighted by molar-refractivity contribution is 0.199. The number of anilines is 1. The molecule has 0 aliphatic rings. The van der Waals surface area contributed by atoms with Crippen molar-refractivity contribution in [2.45, 2.75) is 17.9 Å². The maximum Gasteiger partial charge on any atom is 0.261 e. The van der Waals surface area contributed by atoms with E-state index >= 15 is 0 Å². The van der Waals surface area contributed by atoms with Gasteiger partial charge in [0.05, 0.1) is 21.7 Å². The van der Waals surface area contributed by atoms with Gasteiger partial charge in [-0.1, -0.05) is 23.7 Å². The fourth-order valence-electron chi connectivity index (χ4n) is 1.70. The smallest absolute Gasteiger partial charge is 0.261 e. The van der Waals surface area contributed by atoms with Crippen LogP contribution in [0.2, 0.25) is 5.02 Å². The maximum absolute atomic E-state index is 12.3. The molecular formula is C14H13BrClNO3S. The summed E-state index contributed by atoms with van der Waals surface area (Å²) in [6.45, 7) is 1.62. The molecule has 0 saturated carbocycles. The van der Waals surface area contributed by atoms with E-state index in [9.17, 15) is 13.5 Å². The summed E-state index contributed by atoms with van der Waals surface area (Å²) in [6, 6.07) is 10.8. The molecule has 0 fully saturated rings. The molecule has 1 atom stereocenters. The Bertz CT molecular complexity index is 745. The van der Waals surface area contributed by atoms with E-state index in [4.69, 9.17) is 11.6 Å². The summed E-state index contributed by atoms with van der Waals surface area (Å²) in [5.74, 6) is 0. The zero-order valence-electron chi connectivity index (χ0n) is 11.0. The van der Waals surface area contributed by atoms with Gasteiger partial charge in [-0.2, -0.15) is 0 Å². The highest BCUT2D eigenvalue weighted by atomic mass is 79.9. The van der Waals surface area contributed by atoms with Gasteiger partial charge in [-0.3, -0.25) is 4.72 Å². The molecule has 0 aromatic heterocycles. The molecule has 4 nitrogen and oxygen atoms in total. The van der Waals surface area contributed by atoms with Crippen LogP contribution in [0, 0.1) is 0 Å². The number of halogens is 2. The van der Waals surface area contributed by atoms with Gasteiger partial charge in [-0.05, 0) is 58.7 Å². The first-order valence-corrected chi connectivity index (χ1v) is 8.71. The molecule has 2 aromatic carbocycles. The summed E-state index contributed by atoms with van der Waals surface area (Å²) in [5.41, 5.74) is 1.06. The Morgan fingerprint density at radius 1 is 1.19 bits per heavy atom. The van der Waals surface area contributed by atoms with Crippen molar-refractivity contribution in [3.8, 4) is 0 Å². The number of nitrogens with one attached hydrogen (secondary N) is 1. The van der Waals surface area contributed by atoms with Crippen molar-refractivity contribution in [3.05, 3.63) is 57.5 Å². The van der Waals surface area contributed by atoms with Crippen molar-refractivity contribution in [2.75, 3.05) is 4.72 Å². The van der Waals surface area contributed by atoms with Gasteiger partial charge < -0.3 is 5.11 Å². The van der Waals surface area contributed by atoms with Crippen LogP contribution in [0.5, 0.6) is 0 Å². The molecule has 0 aliphatic carbocycles. The van der Waals surface area contributed by atoms with Crippen LogP contribution in [0.15, 0.2) is 51.8 Å². The molecule has 21 heavy (non-hydrogen) atoms. The Morgan fingerprint density at radius 3 is 2.33 bits per heavy atom. The third-order valence-electron chi connectivity index (χ3n) is 2.84. The second-order valence-electron chi connectivity index (χ2n) is 4.48. The minimum Gasteiger partial charge on any atom is -0.389 e. The lowest BCUT2D eigenvalue weighted by atomic mass is 10.1. The maximum atomic E-state index is 12.3. The van der Waals surface area contributed by atoms with E-state index in [2.05, 4.69) is 20.7 Å². The SMILES string of the molecule is CC(O)c1ccc(S(=O)(=O)Nc2ccc(Cl)c(Br)c2)cc1. The Kier molecular flexibility index (Phi) is 4.93. The van der Waals surface area contributed by atoms with Crippen LogP contribution in [-0.4, -0.2) is 13.5 Å². The van der Waals surface area contributed by atoms with E-state index in [0.29, 0.717) is 20.7 Å². The Balaban J connectivity index is 2.27. The molecule has 0 radical (unpaired) electrons. The zero-order valence-corrected chi connectivity index (χ0v) is 14.2. The molecule has 0 bridgehead atoms. The summed E-state index contributed by atoms with van der Waals surface area (Å²) < 4.78 is 27.6. The molecule has 112 valence electrons. The monoisotopic (exact) mass is 389 g/mol. The Labute approximate surface area is 136 Å². The van der Waals surface area contributed by atoms with E-state index in [1.165, 1.54) is 12.1 Å². The van der Waals surface area contributed by atoms with Crippen molar-refractivity contribution in [2.24, 2.45) is 0 Å². The van der Waals surface area contributed by atoms with Crippen molar-refractivity contribution in [3.63, 3.8) is 0 Å². The summed E-state index contributed by atoms with van der Waals surface area (Å²) >= 11 is 9.11. The molecular weight excluding hydrogens is 378 g/mol. The number of aliphatic hydroxyl groups is 1. The molecule has 0 aliphatic heterocycles. The van der Waals surface area contributed by atoms with E-state index in [-0.39, 0.29) is 4.90 Å². The van der Waals surface area contributed by atoms with Gasteiger partial charge in [0.15, 0.2) is 0 Å². The van der Waals surface area contributed by atoms with Crippen LogP contribution in [0.4, 0.5) is 5.69 Å². The largest absolute Gasteiger partial charge is 0.389 e. The highest BCUT2D eigenvalue weighted by molar-refractivity contribution is 9.10. The van der Waals surface area contributed by atoms with E-state index < -0.39 is 16.1 Å². The van der Waals surface area contributed by atoms with Crippen molar-refractivity contribution >= 4 is 43.2 Å². The molecule has 2 N–H and O–H groups in total. The normalized spacial score (nSPS) is 13.0. The summed E-state index contributed by atoms with van der Waals surface area (Å²) in [5, 5.41) is 9.93. The molecule has 2 aromatic rings. The van der Waals surface area contributed by atoms with Crippen LogP contribution >= 0.6 is 27.5 Å². The van der Waals surface area contributed by atoms with Gasteiger partial charge in [-0.15, -0.1) is 0 Å². The Morgan fingerprint density at radius 2 is 1.81 bits per heavy atom. The van der Waals surface area contributed by atoms with Crippen LogP contribution in [0.1, 0.15) is 18.6 Å². The second-order valence-corrected chi connectivity index (χ2v) is 7.42. The number of hydrogen-bond acceptors (Lipinski definition) is 3. The zero-order chi connectivity index (χ0) is 15.6. The fourth-order valence-corrected chi connectivity index (χ4v) is 3.25. The predicted octanol–water partition coefficient (Wildman–Crippen LogP) is 3.96. The predicted molar refractivity (Wildman–Crippen MR) is 87.0 cm³/mol.